The van der Waals surface area contributed by atoms with Crippen LogP contribution >= 0.6 is 15.9 Å². The molecule has 2 amide bonds. The fraction of sp³-hybridized carbons (Fsp3) is 0.286. The van der Waals surface area contributed by atoms with Crippen molar-refractivity contribution in [2.24, 2.45) is 0 Å². The predicted octanol–water partition coefficient (Wildman–Crippen LogP) is 3.47. The van der Waals surface area contributed by atoms with Gasteiger partial charge < -0.3 is 14.6 Å². The van der Waals surface area contributed by atoms with Gasteiger partial charge in [-0.15, -0.1) is 0 Å². The van der Waals surface area contributed by atoms with Crippen LogP contribution in [0.1, 0.15) is 36.6 Å². The molecule has 1 unspecified atom stereocenters. The van der Waals surface area contributed by atoms with E-state index in [2.05, 4.69) is 26.2 Å². The van der Waals surface area contributed by atoms with Crippen molar-refractivity contribution < 1.29 is 9.59 Å². The molecule has 4 rings (SSSR count). The molecule has 1 saturated heterocycles. The zero-order valence-electron chi connectivity index (χ0n) is 15.3. The topological polar surface area (TPSA) is 66.7 Å². The maximum Gasteiger partial charge on any atom is 0.247 e. The summed E-state index contributed by atoms with van der Waals surface area (Å²) < 4.78 is 2.87. The Morgan fingerprint density at radius 3 is 2.75 bits per heavy atom. The summed E-state index contributed by atoms with van der Waals surface area (Å²) in [7, 11) is 0. The second-order valence-corrected chi connectivity index (χ2v) is 7.84. The highest BCUT2D eigenvalue weighted by molar-refractivity contribution is 9.10. The van der Waals surface area contributed by atoms with Gasteiger partial charge in [0, 0.05) is 29.8 Å². The molecule has 3 aromatic rings. The molecule has 1 aromatic carbocycles. The van der Waals surface area contributed by atoms with Crippen LogP contribution in [0.5, 0.6) is 0 Å². The number of carbonyl (C=O) groups is 2. The maximum atomic E-state index is 13.1. The van der Waals surface area contributed by atoms with Crippen LogP contribution < -0.4 is 5.32 Å². The smallest absolute Gasteiger partial charge is 0.247 e. The summed E-state index contributed by atoms with van der Waals surface area (Å²) >= 11 is 3.44. The number of likely N-dealkylation sites (tertiary alicyclic amines) is 1. The van der Waals surface area contributed by atoms with Crippen molar-refractivity contribution in [1.29, 1.82) is 0 Å². The fourth-order valence-electron chi connectivity index (χ4n) is 3.58. The molecular weight excluding hydrogens is 420 g/mol. The van der Waals surface area contributed by atoms with E-state index in [4.69, 9.17) is 0 Å². The molecule has 1 atom stereocenters. The molecule has 3 heterocycles. The number of halogens is 1. The molecule has 0 saturated carbocycles. The zero-order chi connectivity index (χ0) is 19.5. The van der Waals surface area contributed by atoms with E-state index >= 15 is 0 Å². The van der Waals surface area contributed by atoms with E-state index in [1.54, 1.807) is 4.90 Å². The summed E-state index contributed by atoms with van der Waals surface area (Å²) in [6, 6.07) is 12.7. The third-order valence-corrected chi connectivity index (χ3v) is 5.41. The molecule has 144 valence electrons. The number of hydrogen-bond donors (Lipinski definition) is 1. The number of piperidine rings is 1. The first kappa shape index (κ1) is 18.7. The Labute approximate surface area is 171 Å². The van der Waals surface area contributed by atoms with Gasteiger partial charge >= 0.3 is 0 Å². The quantitative estimate of drug-likeness (QED) is 0.660. The Morgan fingerprint density at radius 2 is 1.96 bits per heavy atom. The van der Waals surface area contributed by atoms with Crippen LogP contribution in [0.3, 0.4) is 0 Å². The molecule has 6 nitrogen and oxygen atoms in total. The van der Waals surface area contributed by atoms with E-state index in [9.17, 15) is 9.59 Å². The Balaban J connectivity index is 1.53. The molecule has 0 radical (unpaired) electrons. The van der Waals surface area contributed by atoms with E-state index < -0.39 is 6.04 Å². The van der Waals surface area contributed by atoms with Gasteiger partial charge in [-0.2, -0.15) is 0 Å². The Bertz CT molecular complexity index is 1000. The maximum absolute atomic E-state index is 13.1. The third-order valence-electron chi connectivity index (χ3n) is 4.94. The predicted molar refractivity (Wildman–Crippen MR) is 109 cm³/mol. The molecule has 1 aliphatic rings. The lowest BCUT2D eigenvalue weighted by Crippen LogP contribution is -2.45. The van der Waals surface area contributed by atoms with Gasteiger partial charge in [-0.05, 0) is 46.5 Å². The molecule has 7 heteroatoms. The van der Waals surface area contributed by atoms with Crippen LogP contribution in [0, 0.1) is 0 Å². The van der Waals surface area contributed by atoms with E-state index in [0.29, 0.717) is 19.5 Å². The first-order valence-corrected chi connectivity index (χ1v) is 10.2. The van der Waals surface area contributed by atoms with Crippen molar-refractivity contribution in [3.63, 3.8) is 0 Å². The third kappa shape index (κ3) is 3.94. The van der Waals surface area contributed by atoms with E-state index in [0.717, 1.165) is 34.2 Å². The van der Waals surface area contributed by atoms with Crippen LogP contribution in [0.15, 0.2) is 59.3 Å². The number of amides is 2. The van der Waals surface area contributed by atoms with Crippen molar-refractivity contribution >= 4 is 33.4 Å². The van der Waals surface area contributed by atoms with Gasteiger partial charge in [0.25, 0.3) is 0 Å². The summed E-state index contributed by atoms with van der Waals surface area (Å²) in [5, 5.41) is 2.97. The van der Waals surface area contributed by atoms with Crippen molar-refractivity contribution in [3.05, 3.63) is 70.6 Å². The minimum absolute atomic E-state index is 0.0350. The molecule has 2 aromatic heterocycles. The summed E-state index contributed by atoms with van der Waals surface area (Å²) in [6.07, 6.45) is 6.12. The number of aromatic nitrogens is 2. The number of nitrogens with zero attached hydrogens (tertiary/aromatic N) is 3. The number of imidazole rings is 1. The van der Waals surface area contributed by atoms with Gasteiger partial charge in [-0.3, -0.25) is 9.59 Å². The number of rotatable bonds is 5. The van der Waals surface area contributed by atoms with Gasteiger partial charge in [0.2, 0.25) is 11.8 Å². The molecule has 28 heavy (non-hydrogen) atoms. The summed E-state index contributed by atoms with van der Waals surface area (Å²) in [5.41, 5.74) is 2.41. The Kier molecular flexibility index (Phi) is 5.43. The van der Waals surface area contributed by atoms with Crippen molar-refractivity contribution in [2.45, 2.75) is 31.8 Å². The van der Waals surface area contributed by atoms with Gasteiger partial charge in [0.1, 0.15) is 11.7 Å². The molecular formula is C21H21BrN4O2. The number of carbonyl (C=O) groups excluding carboxylic acids is 2. The molecule has 1 aliphatic heterocycles. The summed E-state index contributed by atoms with van der Waals surface area (Å²) in [5.74, 6) is -0.146. The van der Waals surface area contributed by atoms with Crippen LogP contribution in [0.25, 0.3) is 5.65 Å². The standard InChI is InChI=1S/C21H21BrN4O2/c22-16-9-10-18-24-17(14-25(18)13-16)12-23-21(28)20(15-6-2-1-3-7-15)26-11-5-4-8-19(26)27/h1-3,6-7,9-10,13-14,20H,4-5,8,11-12H2,(H,23,28). The highest BCUT2D eigenvalue weighted by Gasteiger charge is 2.32. The summed E-state index contributed by atoms with van der Waals surface area (Å²) in [6.45, 7) is 0.914. The molecule has 1 N–H and O–H groups in total. The highest BCUT2D eigenvalue weighted by atomic mass is 79.9. The zero-order valence-corrected chi connectivity index (χ0v) is 16.9. The van der Waals surface area contributed by atoms with E-state index in [1.165, 1.54) is 0 Å². The van der Waals surface area contributed by atoms with E-state index in [-0.39, 0.29) is 11.8 Å². The van der Waals surface area contributed by atoms with Gasteiger partial charge in [0.15, 0.2) is 0 Å². The molecule has 1 fully saturated rings. The highest BCUT2D eigenvalue weighted by Crippen LogP contribution is 2.26. The summed E-state index contributed by atoms with van der Waals surface area (Å²) in [4.78, 5) is 31.8. The van der Waals surface area contributed by atoms with Crippen LogP contribution in [0.2, 0.25) is 0 Å². The lowest BCUT2D eigenvalue weighted by Gasteiger charge is -2.34. The van der Waals surface area contributed by atoms with E-state index in [1.807, 2.05) is 59.3 Å². The van der Waals surface area contributed by atoms with Gasteiger partial charge in [-0.25, -0.2) is 4.98 Å². The number of fused-ring (bicyclic) bond motifs is 1. The number of benzene rings is 1. The first-order valence-electron chi connectivity index (χ1n) is 9.37. The van der Waals surface area contributed by atoms with Crippen molar-refractivity contribution in [2.75, 3.05) is 6.54 Å². The van der Waals surface area contributed by atoms with Crippen molar-refractivity contribution in [3.8, 4) is 0 Å². The minimum atomic E-state index is -0.611. The average molecular weight is 441 g/mol. The molecule has 0 aliphatic carbocycles. The average Bonchev–Trinajstić information content (AvgIpc) is 3.11. The fourth-order valence-corrected chi connectivity index (χ4v) is 3.94. The van der Waals surface area contributed by atoms with Gasteiger partial charge in [0.05, 0.1) is 12.2 Å². The second kappa shape index (κ2) is 8.14. The van der Waals surface area contributed by atoms with Crippen LogP contribution in [-0.4, -0.2) is 32.6 Å². The lowest BCUT2D eigenvalue weighted by atomic mass is 10.0. The van der Waals surface area contributed by atoms with Gasteiger partial charge in [-0.1, -0.05) is 30.3 Å². The monoisotopic (exact) mass is 440 g/mol. The molecule has 0 spiro atoms. The minimum Gasteiger partial charge on any atom is -0.348 e. The second-order valence-electron chi connectivity index (χ2n) is 6.92. The first-order chi connectivity index (χ1) is 13.6. The lowest BCUT2D eigenvalue weighted by molar-refractivity contribution is -0.142. The van der Waals surface area contributed by atoms with Crippen LogP contribution in [0.4, 0.5) is 0 Å². The Morgan fingerprint density at radius 1 is 1.14 bits per heavy atom. The largest absolute Gasteiger partial charge is 0.348 e. The normalized spacial score (nSPS) is 15.6. The SMILES string of the molecule is O=C(NCc1cn2cc(Br)ccc2n1)C(c1ccccc1)N1CCCCC1=O. The number of nitrogens with one attached hydrogen (secondary N) is 1. The molecule has 0 bridgehead atoms. The van der Waals surface area contributed by atoms with Crippen molar-refractivity contribution in [1.82, 2.24) is 19.6 Å². The van der Waals surface area contributed by atoms with Crippen LogP contribution in [-0.2, 0) is 16.1 Å². The Hall–Kier alpha value is -2.67. The number of hydrogen-bond acceptors (Lipinski definition) is 3. The number of pyridine rings is 1.